The van der Waals surface area contributed by atoms with Crippen LogP contribution in [0, 0.1) is 17.2 Å². The lowest BCUT2D eigenvalue weighted by Crippen LogP contribution is -3.11. The minimum atomic E-state index is -0.357. The molecule has 1 fully saturated rings. The molecule has 6 nitrogen and oxygen atoms in total. The second-order valence-electron chi connectivity index (χ2n) is 6.22. The van der Waals surface area contributed by atoms with E-state index in [1.54, 1.807) is 0 Å². The fourth-order valence-electron chi connectivity index (χ4n) is 4.00. The van der Waals surface area contributed by atoms with Crippen molar-refractivity contribution in [1.29, 1.82) is 5.26 Å². The zero-order valence-corrected chi connectivity index (χ0v) is 12.8. The lowest BCUT2D eigenvalue weighted by atomic mass is 9.61. The summed E-state index contributed by atoms with van der Waals surface area (Å²) in [5.74, 6) is 1.07. The Morgan fingerprint density at radius 3 is 3.00 bits per heavy atom. The summed E-state index contributed by atoms with van der Waals surface area (Å²) in [4.78, 5) is 1.48. The molecular weight excluding hydrogens is 266 g/mol. The SMILES string of the molecule is CCc1[nH]nc2c1[C@]1(CC[NH+](C)C[C@@H]1C)C(C#N)=C(N)O2. The third-order valence-corrected chi connectivity index (χ3v) is 5.06. The number of ether oxygens (including phenoxy) is 1. The lowest BCUT2D eigenvalue weighted by molar-refractivity contribution is -0.890. The van der Waals surface area contributed by atoms with Gasteiger partial charge >= 0.3 is 0 Å². The van der Waals surface area contributed by atoms with Crippen molar-refractivity contribution in [3.05, 3.63) is 22.7 Å². The van der Waals surface area contributed by atoms with Gasteiger partial charge in [0, 0.05) is 23.6 Å². The van der Waals surface area contributed by atoms with Crippen LogP contribution in [-0.2, 0) is 11.8 Å². The Morgan fingerprint density at radius 2 is 2.38 bits per heavy atom. The minimum Gasteiger partial charge on any atom is -0.420 e. The maximum Gasteiger partial charge on any atom is 0.244 e. The number of fused-ring (bicyclic) bond motifs is 2. The van der Waals surface area contributed by atoms with Gasteiger partial charge in [0.25, 0.3) is 0 Å². The molecule has 1 saturated heterocycles. The number of rotatable bonds is 1. The van der Waals surface area contributed by atoms with Gasteiger partial charge in [0.2, 0.25) is 11.8 Å². The summed E-state index contributed by atoms with van der Waals surface area (Å²) in [7, 11) is 2.19. The molecule has 1 aromatic rings. The highest BCUT2D eigenvalue weighted by molar-refractivity contribution is 5.55. The number of likely N-dealkylation sites (tertiary alicyclic amines) is 1. The van der Waals surface area contributed by atoms with Crippen LogP contribution in [0.5, 0.6) is 5.88 Å². The molecular formula is C15H22N5O+. The van der Waals surface area contributed by atoms with E-state index >= 15 is 0 Å². The summed E-state index contributed by atoms with van der Waals surface area (Å²) in [6, 6.07) is 2.32. The average Bonchev–Trinajstić information content (AvgIpc) is 2.86. The number of hydrogen-bond acceptors (Lipinski definition) is 4. The third kappa shape index (κ3) is 1.77. The first-order valence-corrected chi connectivity index (χ1v) is 7.51. The van der Waals surface area contributed by atoms with Gasteiger partial charge < -0.3 is 15.4 Å². The number of nitrogens with zero attached hydrogens (tertiary/aromatic N) is 2. The molecule has 1 spiro atoms. The lowest BCUT2D eigenvalue weighted by Gasteiger charge is -2.45. The molecule has 2 aliphatic heterocycles. The summed E-state index contributed by atoms with van der Waals surface area (Å²) in [5, 5.41) is 17.0. The molecule has 0 saturated carbocycles. The smallest absolute Gasteiger partial charge is 0.244 e. The summed E-state index contributed by atoms with van der Waals surface area (Å²) in [6.45, 7) is 6.30. The first kappa shape index (κ1) is 14.0. The van der Waals surface area contributed by atoms with Crippen molar-refractivity contribution in [1.82, 2.24) is 10.2 Å². The Labute approximate surface area is 124 Å². The number of aryl methyl sites for hydroxylation is 1. The molecule has 3 heterocycles. The molecule has 0 amide bonds. The molecule has 1 aromatic heterocycles. The van der Waals surface area contributed by atoms with E-state index in [1.807, 2.05) is 0 Å². The van der Waals surface area contributed by atoms with Gasteiger partial charge in [0.1, 0.15) is 11.6 Å². The van der Waals surface area contributed by atoms with Gasteiger partial charge in [0.05, 0.1) is 25.6 Å². The predicted octanol–water partition coefficient (Wildman–Crippen LogP) is -0.149. The van der Waals surface area contributed by atoms with Gasteiger partial charge in [-0.25, -0.2) is 0 Å². The van der Waals surface area contributed by atoms with E-state index in [4.69, 9.17) is 10.5 Å². The van der Waals surface area contributed by atoms with Gasteiger partial charge in [-0.2, -0.15) is 5.26 Å². The van der Waals surface area contributed by atoms with Crippen molar-refractivity contribution in [3.8, 4) is 11.9 Å². The van der Waals surface area contributed by atoms with Crippen molar-refractivity contribution in [2.45, 2.75) is 32.1 Å². The molecule has 3 atom stereocenters. The second-order valence-corrected chi connectivity index (χ2v) is 6.22. The Balaban J connectivity index is 2.25. The molecule has 0 bridgehead atoms. The van der Waals surface area contributed by atoms with E-state index in [1.165, 1.54) is 4.90 Å². The molecule has 3 rings (SSSR count). The maximum absolute atomic E-state index is 9.68. The molecule has 0 aromatic carbocycles. The number of nitrogens with one attached hydrogen (secondary N) is 2. The van der Waals surface area contributed by atoms with E-state index < -0.39 is 0 Å². The normalized spacial score (nSPS) is 31.7. The Morgan fingerprint density at radius 1 is 1.62 bits per heavy atom. The number of hydrogen-bond donors (Lipinski definition) is 3. The van der Waals surface area contributed by atoms with Crippen LogP contribution in [0.2, 0.25) is 0 Å². The maximum atomic E-state index is 9.68. The molecule has 21 heavy (non-hydrogen) atoms. The van der Waals surface area contributed by atoms with Crippen LogP contribution >= 0.6 is 0 Å². The molecule has 2 aliphatic rings. The zero-order chi connectivity index (χ0) is 15.2. The second kappa shape index (κ2) is 4.78. The van der Waals surface area contributed by atoms with Crippen LogP contribution in [0.3, 0.4) is 0 Å². The topological polar surface area (TPSA) is 92.2 Å². The van der Waals surface area contributed by atoms with Crippen molar-refractivity contribution < 1.29 is 9.64 Å². The molecule has 6 heteroatoms. The van der Waals surface area contributed by atoms with Crippen LogP contribution in [0.15, 0.2) is 11.5 Å². The van der Waals surface area contributed by atoms with E-state index in [-0.39, 0.29) is 11.3 Å². The average molecular weight is 288 g/mol. The van der Waals surface area contributed by atoms with E-state index in [0.29, 0.717) is 17.4 Å². The van der Waals surface area contributed by atoms with Gasteiger partial charge in [-0.1, -0.05) is 13.8 Å². The van der Waals surface area contributed by atoms with E-state index in [0.717, 1.165) is 37.2 Å². The number of H-pyrrole nitrogens is 1. The fourth-order valence-corrected chi connectivity index (χ4v) is 4.00. The van der Waals surface area contributed by atoms with Crippen molar-refractivity contribution >= 4 is 0 Å². The Bertz CT molecular complexity index is 641. The minimum absolute atomic E-state index is 0.213. The van der Waals surface area contributed by atoms with Crippen molar-refractivity contribution in [2.75, 3.05) is 20.1 Å². The zero-order valence-electron chi connectivity index (χ0n) is 12.8. The molecule has 0 radical (unpaired) electrons. The Hall–Kier alpha value is -2.00. The fraction of sp³-hybridized carbons (Fsp3) is 0.600. The van der Waals surface area contributed by atoms with Crippen LogP contribution < -0.4 is 15.4 Å². The predicted molar refractivity (Wildman–Crippen MR) is 77.5 cm³/mol. The summed E-state index contributed by atoms with van der Waals surface area (Å²) >= 11 is 0. The number of aromatic amines is 1. The van der Waals surface area contributed by atoms with Crippen LogP contribution in [0.25, 0.3) is 0 Å². The van der Waals surface area contributed by atoms with Crippen LogP contribution in [-0.4, -0.2) is 30.3 Å². The molecule has 4 N–H and O–H groups in total. The summed E-state index contributed by atoms with van der Waals surface area (Å²) < 4.78 is 5.61. The van der Waals surface area contributed by atoms with Crippen molar-refractivity contribution in [2.24, 2.45) is 11.7 Å². The van der Waals surface area contributed by atoms with Gasteiger partial charge in [-0.05, 0) is 6.42 Å². The molecule has 1 unspecified atom stereocenters. The van der Waals surface area contributed by atoms with Crippen molar-refractivity contribution in [3.63, 3.8) is 0 Å². The standard InChI is InChI=1S/C15H21N5O/c1-4-11-12-14(19-18-11)21-13(17)10(7-16)15(12)5-6-20(3)8-9(15)2/h9H,4-6,8,17H2,1-3H3,(H,18,19)/p+1/t9-,15-/m0/s1. The number of aromatic nitrogens is 2. The van der Waals surface area contributed by atoms with Crippen LogP contribution in [0.4, 0.5) is 0 Å². The third-order valence-electron chi connectivity index (χ3n) is 5.06. The monoisotopic (exact) mass is 288 g/mol. The number of allylic oxidation sites excluding steroid dienone is 1. The van der Waals surface area contributed by atoms with Gasteiger partial charge in [-0.15, -0.1) is 5.10 Å². The molecule has 0 aliphatic carbocycles. The highest BCUT2D eigenvalue weighted by atomic mass is 16.5. The first-order chi connectivity index (χ1) is 10.0. The number of nitriles is 1. The Kier molecular flexibility index (Phi) is 3.18. The van der Waals surface area contributed by atoms with Crippen LogP contribution in [0.1, 0.15) is 31.5 Å². The molecule has 112 valence electrons. The largest absolute Gasteiger partial charge is 0.420 e. The summed E-state index contributed by atoms with van der Waals surface area (Å²) in [6.07, 6.45) is 1.73. The first-order valence-electron chi connectivity index (χ1n) is 7.51. The van der Waals surface area contributed by atoms with E-state index in [9.17, 15) is 5.26 Å². The van der Waals surface area contributed by atoms with Gasteiger partial charge in [-0.3, -0.25) is 5.10 Å². The number of piperidine rings is 1. The quantitative estimate of drug-likeness (QED) is 0.670. The van der Waals surface area contributed by atoms with E-state index in [2.05, 4.69) is 37.2 Å². The number of quaternary nitrogens is 1. The summed E-state index contributed by atoms with van der Waals surface area (Å²) in [5.41, 5.74) is 8.35. The highest BCUT2D eigenvalue weighted by Crippen LogP contribution is 2.50. The highest BCUT2D eigenvalue weighted by Gasteiger charge is 2.53. The number of nitrogens with two attached hydrogens (primary N) is 1. The van der Waals surface area contributed by atoms with Gasteiger partial charge in [0.15, 0.2) is 0 Å².